The minimum Gasteiger partial charge on any atom is -0.207 e. The van der Waals surface area contributed by atoms with Gasteiger partial charge in [-0.25, -0.2) is 17.2 Å². The molecule has 1 heterocycles. The van der Waals surface area contributed by atoms with Crippen LogP contribution in [0.2, 0.25) is 0 Å². The summed E-state index contributed by atoms with van der Waals surface area (Å²) in [5.41, 5.74) is 0.249. The monoisotopic (exact) mass is 337 g/mol. The van der Waals surface area contributed by atoms with Crippen LogP contribution in [0.3, 0.4) is 0 Å². The molecule has 1 atom stereocenters. The van der Waals surface area contributed by atoms with Crippen LogP contribution in [-0.2, 0) is 15.9 Å². The number of sulfonamides is 1. The van der Waals surface area contributed by atoms with E-state index in [1.54, 1.807) is 0 Å². The predicted molar refractivity (Wildman–Crippen MR) is 77.7 cm³/mol. The first kappa shape index (κ1) is 16.6. The van der Waals surface area contributed by atoms with Crippen molar-refractivity contribution in [3.05, 3.63) is 29.3 Å². The molecule has 1 aliphatic heterocycles. The van der Waals surface area contributed by atoms with Gasteiger partial charge in [0.15, 0.2) is 11.6 Å². The van der Waals surface area contributed by atoms with Gasteiger partial charge in [-0.05, 0) is 36.5 Å². The van der Waals surface area contributed by atoms with Gasteiger partial charge in [0, 0.05) is 19.0 Å². The predicted octanol–water partition coefficient (Wildman–Crippen LogP) is 3.51. The largest absolute Gasteiger partial charge is 0.246 e. The second-order valence-corrected chi connectivity index (χ2v) is 7.50. The summed E-state index contributed by atoms with van der Waals surface area (Å²) in [5.74, 6) is -2.30. The molecule has 0 saturated carbocycles. The van der Waals surface area contributed by atoms with Crippen molar-refractivity contribution in [2.45, 2.75) is 37.0 Å². The van der Waals surface area contributed by atoms with Crippen molar-refractivity contribution in [1.29, 1.82) is 0 Å². The van der Waals surface area contributed by atoms with Crippen molar-refractivity contribution in [3.63, 3.8) is 0 Å². The van der Waals surface area contributed by atoms with Gasteiger partial charge < -0.3 is 0 Å². The molecular formula is C14H18ClF2NO2S. The van der Waals surface area contributed by atoms with Gasteiger partial charge in [0.1, 0.15) is 4.90 Å². The average Bonchev–Trinajstić information content (AvgIpc) is 2.91. The van der Waals surface area contributed by atoms with Gasteiger partial charge in [-0.15, -0.1) is 11.6 Å². The van der Waals surface area contributed by atoms with Gasteiger partial charge in [0.05, 0.1) is 0 Å². The summed E-state index contributed by atoms with van der Waals surface area (Å²) >= 11 is 5.60. The fourth-order valence-electron chi connectivity index (χ4n) is 2.68. The fourth-order valence-corrected chi connectivity index (χ4v) is 4.49. The Hall–Kier alpha value is -0.720. The molecule has 1 fully saturated rings. The van der Waals surface area contributed by atoms with E-state index < -0.39 is 26.6 Å². The second-order valence-electron chi connectivity index (χ2n) is 5.33. The fraction of sp³-hybridized carbons (Fsp3) is 0.571. The number of hydrogen-bond donors (Lipinski definition) is 0. The maximum absolute atomic E-state index is 13.9. The molecule has 0 amide bonds. The molecule has 118 valence electrons. The lowest BCUT2D eigenvalue weighted by molar-refractivity contribution is 0.433. The highest BCUT2D eigenvalue weighted by Gasteiger charge is 2.34. The van der Waals surface area contributed by atoms with E-state index in [-0.39, 0.29) is 17.4 Å². The van der Waals surface area contributed by atoms with E-state index in [4.69, 9.17) is 11.6 Å². The van der Waals surface area contributed by atoms with E-state index in [0.717, 1.165) is 31.4 Å². The van der Waals surface area contributed by atoms with Gasteiger partial charge in [-0.2, -0.15) is 4.31 Å². The lowest BCUT2D eigenvalue weighted by Gasteiger charge is -2.17. The van der Waals surface area contributed by atoms with E-state index in [1.807, 2.05) is 6.92 Å². The molecule has 3 nitrogen and oxygen atoms in total. The number of alkyl halides is 1. The van der Waals surface area contributed by atoms with Crippen LogP contribution in [0.1, 0.15) is 31.7 Å². The van der Waals surface area contributed by atoms with Crippen molar-refractivity contribution in [1.82, 2.24) is 4.31 Å². The molecule has 0 spiro atoms. The Morgan fingerprint density at radius 2 is 2.10 bits per heavy atom. The van der Waals surface area contributed by atoms with Gasteiger partial charge in [-0.3, -0.25) is 0 Å². The van der Waals surface area contributed by atoms with E-state index in [9.17, 15) is 17.2 Å². The molecule has 1 unspecified atom stereocenters. The molecule has 21 heavy (non-hydrogen) atoms. The number of halogens is 3. The van der Waals surface area contributed by atoms with E-state index in [0.29, 0.717) is 13.1 Å². The molecular weight excluding hydrogens is 320 g/mol. The molecule has 0 bridgehead atoms. The highest BCUT2D eigenvalue weighted by atomic mass is 35.5. The minimum atomic E-state index is -4.02. The van der Waals surface area contributed by atoms with Crippen LogP contribution in [0.25, 0.3) is 0 Å². The Bertz CT molecular complexity index is 622. The van der Waals surface area contributed by atoms with Crippen molar-refractivity contribution in [3.8, 4) is 0 Å². The summed E-state index contributed by atoms with van der Waals surface area (Å²) in [6.45, 7) is 2.75. The normalized spacial score (nSPS) is 20.1. The highest BCUT2D eigenvalue weighted by Crippen LogP contribution is 2.29. The number of nitrogens with zero attached hydrogens (tertiary/aromatic N) is 1. The zero-order valence-electron chi connectivity index (χ0n) is 11.8. The number of benzene rings is 1. The minimum absolute atomic E-state index is 0.0713. The van der Waals surface area contributed by atoms with E-state index in [2.05, 4.69) is 0 Å². The average molecular weight is 338 g/mol. The smallest absolute Gasteiger partial charge is 0.207 e. The summed E-state index contributed by atoms with van der Waals surface area (Å²) in [4.78, 5) is -0.615. The first-order chi connectivity index (χ1) is 9.90. The Labute approximate surface area is 129 Å². The Balaban J connectivity index is 2.34. The molecule has 0 aromatic heterocycles. The lowest BCUT2D eigenvalue weighted by Crippen LogP contribution is -2.30. The van der Waals surface area contributed by atoms with Crippen LogP contribution >= 0.6 is 11.6 Å². The SMILES string of the molecule is CCCC1CCN(S(=O)(=O)c2cc(CCl)cc(F)c2F)C1. The Kier molecular flexibility index (Phi) is 5.22. The maximum Gasteiger partial charge on any atom is 0.246 e. The summed E-state index contributed by atoms with van der Waals surface area (Å²) < 4.78 is 53.7. The topological polar surface area (TPSA) is 37.4 Å². The maximum atomic E-state index is 13.9. The van der Waals surface area contributed by atoms with Crippen LogP contribution in [0, 0.1) is 17.6 Å². The molecule has 0 N–H and O–H groups in total. The summed E-state index contributed by atoms with van der Waals surface area (Å²) in [6.07, 6.45) is 2.67. The van der Waals surface area contributed by atoms with Gasteiger partial charge in [0.2, 0.25) is 10.0 Å². The third kappa shape index (κ3) is 3.38. The molecule has 0 aliphatic carbocycles. The zero-order chi connectivity index (χ0) is 15.6. The first-order valence-electron chi connectivity index (χ1n) is 6.94. The van der Waals surface area contributed by atoms with Crippen LogP contribution in [0.4, 0.5) is 8.78 Å². The van der Waals surface area contributed by atoms with Crippen molar-refractivity contribution >= 4 is 21.6 Å². The third-order valence-corrected chi connectivity index (χ3v) is 5.95. The van der Waals surface area contributed by atoms with Crippen molar-refractivity contribution in [2.24, 2.45) is 5.92 Å². The highest BCUT2D eigenvalue weighted by molar-refractivity contribution is 7.89. The molecule has 7 heteroatoms. The van der Waals surface area contributed by atoms with Gasteiger partial charge in [0.25, 0.3) is 0 Å². The van der Waals surface area contributed by atoms with Gasteiger partial charge >= 0.3 is 0 Å². The van der Waals surface area contributed by atoms with Crippen LogP contribution in [-0.4, -0.2) is 25.8 Å². The summed E-state index contributed by atoms with van der Waals surface area (Å²) in [6, 6.07) is 2.04. The standard InChI is InChI=1S/C14H18ClF2NO2S/c1-2-3-10-4-5-18(9-10)21(19,20)13-7-11(8-15)6-12(16)14(13)17/h6-7,10H,2-5,8-9H2,1H3. The second kappa shape index (κ2) is 6.58. The molecule has 1 aromatic rings. The van der Waals surface area contributed by atoms with Crippen LogP contribution in [0.15, 0.2) is 17.0 Å². The van der Waals surface area contributed by atoms with Crippen molar-refractivity contribution < 1.29 is 17.2 Å². The van der Waals surface area contributed by atoms with Crippen molar-refractivity contribution in [2.75, 3.05) is 13.1 Å². The van der Waals surface area contributed by atoms with Crippen LogP contribution < -0.4 is 0 Å². The molecule has 1 saturated heterocycles. The van der Waals surface area contributed by atoms with Crippen LogP contribution in [0.5, 0.6) is 0 Å². The third-order valence-electron chi connectivity index (χ3n) is 3.77. The zero-order valence-corrected chi connectivity index (χ0v) is 13.4. The summed E-state index contributed by atoms with van der Waals surface area (Å²) in [7, 11) is -4.02. The Morgan fingerprint density at radius 1 is 1.38 bits per heavy atom. The van der Waals surface area contributed by atoms with E-state index in [1.165, 1.54) is 4.31 Å². The molecule has 2 rings (SSSR count). The quantitative estimate of drug-likeness (QED) is 0.771. The Morgan fingerprint density at radius 3 is 2.71 bits per heavy atom. The van der Waals surface area contributed by atoms with Gasteiger partial charge in [-0.1, -0.05) is 13.3 Å². The summed E-state index contributed by atoms with van der Waals surface area (Å²) in [5, 5.41) is 0. The van der Waals surface area contributed by atoms with E-state index >= 15 is 0 Å². The number of rotatable bonds is 5. The first-order valence-corrected chi connectivity index (χ1v) is 8.91. The number of hydrogen-bond acceptors (Lipinski definition) is 2. The molecule has 1 aliphatic rings. The lowest BCUT2D eigenvalue weighted by atomic mass is 10.0. The molecule has 1 aromatic carbocycles. The molecule has 0 radical (unpaired) electrons.